The molecule has 2 nitrogen and oxygen atoms in total. The van der Waals surface area contributed by atoms with Crippen molar-refractivity contribution >= 4 is 0 Å². The van der Waals surface area contributed by atoms with Gasteiger partial charge in [0.25, 0.3) is 0 Å². The van der Waals surface area contributed by atoms with Crippen LogP contribution in [-0.2, 0) is 0 Å². The van der Waals surface area contributed by atoms with E-state index in [2.05, 4.69) is 36.9 Å². The smallest absolute Gasteiger partial charge is 0.0427 e. The van der Waals surface area contributed by atoms with Gasteiger partial charge in [-0.2, -0.15) is 0 Å². The monoisotopic (exact) mass is 244 g/mol. The Bertz CT molecular complexity index is 441. The third-order valence-corrected chi connectivity index (χ3v) is 4.78. The fourth-order valence-corrected chi connectivity index (χ4v) is 3.84. The van der Waals surface area contributed by atoms with E-state index in [1.807, 2.05) is 0 Å². The molecule has 0 amide bonds. The molecule has 2 heteroatoms. The highest BCUT2D eigenvalue weighted by Crippen LogP contribution is 2.38. The number of likely N-dealkylation sites (tertiary alicyclic amines) is 1. The minimum atomic E-state index is 0.171. The number of benzene rings is 1. The highest BCUT2D eigenvalue weighted by atomic mass is 15.2. The number of nitrogens with two attached hydrogens (primary N) is 1. The Morgan fingerprint density at radius 3 is 2.78 bits per heavy atom. The molecule has 2 bridgehead atoms. The maximum atomic E-state index is 6.42. The Kier molecular flexibility index (Phi) is 3.16. The van der Waals surface area contributed by atoms with Crippen molar-refractivity contribution in [3.63, 3.8) is 0 Å². The van der Waals surface area contributed by atoms with E-state index in [0.717, 1.165) is 18.5 Å². The van der Waals surface area contributed by atoms with Crippen molar-refractivity contribution in [2.75, 3.05) is 13.1 Å². The van der Waals surface area contributed by atoms with E-state index >= 15 is 0 Å². The Morgan fingerprint density at radius 2 is 2.17 bits per heavy atom. The van der Waals surface area contributed by atoms with Crippen LogP contribution in [0, 0.1) is 19.8 Å². The second-order valence-corrected chi connectivity index (χ2v) is 6.25. The van der Waals surface area contributed by atoms with Crippen molar-refractivity contribution < 1.29 is 0 Å². The van der Waals surface area contributed by atoms with Gasteiger partial charge in [-0.1, -0.05) is 23.8 Å². The lowest BCUT2D eigenvalue weighted by Crippen LogP contribution is -2.38. The van der Waals surface area contributed by atoms with E-state index < -0.39 is 0 Å². The second-order valence-electron chi connectivity index (χ2n) is 6.25. The molecule has 1 aromatic carbocycles. The number of nitrogens with zero attached hydrogens (tertiary/aromatic N) is 1. The van der Waals surface area contributed by atoms with Gasteiger partial charge in [0.1, 0.15) is 0 Å². The van der Waals surface area contributed by atoms with Crippen LogP contribution in [0.4, 0.5) is 0 Å². The SMILES string of the molecule is Cc1ccc(C(N)CN2CC3CCC2C3)c(C)c1. The largest absolute Gasteiger partial charge is 0.323 e. The normalized spacial score (nSPS) is 28.8. The molecule has 2 aliphatic rings. The van der Waals surface area contributed by atoms with Gasteiger partial charge in [0.15, 0.2) is 0 Å². The molecule has 1 aromatic rings. The van der Waals surface area contributed by atoms with Gasteiger partial charge in [0.2, 0.25) is 0 Å². The van der Waals surface area contributed by atoms with Gasteiger partial charge in [-0.05, 0) is 50.2 Å². The molecule has 0 aromatic heterocycles. The van der Waals surface area contributed by atoms with Crippen molar-refractivity contribution in [2.45, 2.75) is 45.2 Å². The first kappa shape index (κ1) is 12.2. The third kappa shape index (κ3) is 2.19. The number of aryl methyl sites for hydroxylation is 2. The molecule has 1 heterocycles. The molecule has 1 saturated carbocycles. The van der Waals surface area contributed by atoms with Gasteiger partial charge in [-0.3, -0.25) is 4.90 Å². The third-order valence-electron chi connectivity index (χ3n) is 4.78. The summed E-state index contributed by atoms with van der Waals surface area (Å²) in [4.78, 5) is 2.62. The van der Waals surface area contributed by atoms with Crippen LogP contribution in [0.5, 0.6) is 0 Å². The van der Waals surface area contributed by atoms with Gasteiger partial charge in [0, 0.05) is 25.2 Å². The molecule has 3 unspecified atom stereocenters. The zero-order valence-corrected chi connectivity index (χ0v) is 11.5. The first-order valence-electron chi connectivity index (χ1n) is 7.20. The summed E-state index contributed by atoms with van der Waals surface area (Å²) >= 11 is 0. The molecular formula is C16H24N2. The molecule has 0 radical (unpaired) electrons. The van der Waals surface area contributed by atoms with Crippen molar-refractivity contribution in [3.05, 3.63) is 34.9 Å². The van der Waals surface area contributed by atoms with Gasteiger partial charge < -0.3 is 5.73 Å². The highest BCUT2D eigenvalue weighted by Gasteiger charge is 2.38. The van der Waals surface area contributed by atoms with E-state index in [0.29, 0.717) is 0 Å². The number of fused-ring (bicyclic) bond motifs is 2. The van der Waals surface area contributed by atoms with Crippen molar-refractivity contribution in [1.82, 2.24) is 4.90 Å². The fourth-order valence-electron chi connectivity index (χ4n) is 3.84. The molecule has 18 heavy (non-hydrogen) atoms. The molecule has 3 rings (SSSR count). The van der Waals surface area contributed by atoms with E-state index in [4.69, 9.17) is 5.73 Å². The van der Waals surface area contributed by atoms with Gasteiger partial charge in [-0.25, -0.2) is 0 Å². The van der Waals surface area contributed by atoms with E-state index in [1.54, 1.807) is 0 Å². The van der Waals surface area contributed by atoms with Crippen molar-refractivity contribution in [1.29, 1.82) is 0 Å². The molecule has 2 N–H and O–H groups in total. The molecule has 2 fully saturated rings. The Morgan fingerprint density at radius 1 is 1.33 bits per heavy atom. The van der Waals surface area contributed by atoms with E-state index in [-0.39, 0.29) is 6.04 Å². The van der Waals surface area contributed by atoms with Crippen LogP contribution in [0.2, 0.25) is 0 Å². The zero-order chi connectivity index (χ0) is 12.7. The minimum Gasteiger partial charge on any atom is -0.323 e. The first-order chi connectivity index (χ1) is 8.63. The van der Waals surface area contributed by atoms with E-state index in [9.17, 15) is 0 Å². The standard InChI is InChI=1S/C16H24N2/c1-11-3-6-15(12(2)7-11)16(17)10-18-9-13-4-5-14(18)8-13/h3,6-7,13-14,16H,4-5,8-10,17H2,1-2H3. The maximum Gasteiger partial charge on any atom is 0.0427 e. The van der Waals surface area contributed by atoms with Crippen LogP contribution in [0.25, 0.3) is 0 Å². The number of hydrogen-bond acceptors (Lipinski definition) is 2. The minimum absolute atomic E-state index is 0.171. The molecule has 98 valence electrons. The summed E-state index contributed by atoms with van der Waals surface area (Å²) < 4.78 is 0. The van der Waals surface area contributed by atoms with Crippen LogP contribution >= 0.6 is 0 Å². The van der Waals surface area contributed by atoms with Crippen LogP contribution in [0.1, 0.15) is 42.0 Å². The highest BCUT2D eigenvalue weighted by molar-refractivity contribution is 5.32. The number of rotatable bonds is 3. The van der Waals surface area contributed by atoms with Crippen molar-refractivity contribution in [2.24, 2.45) is 11.7 Å². The van der Waals surface area contributed by atoms with Gasteiger partial charge >= 0.3 is 0 Å². The summed E-state index contributed by atoms with van der Waals surface area (Å²) in [5.74, 6) is 0.960. The average molecular weight is 244 g/mol. The Labute approximate surface area is 110 Å². The summed E-state index contributed by atoms with van der Waals surface area (Å²) in [6.07, 6.45) is 4.25. The summed E-state index contributed by atoms with van der Waals surface area (Å²) in [6.45, 7) is 6.63. The molecule has 3 atom stereocenters. The fraction of sp³-hybridized carbons (Fsp3) is 0.625. The van der Waals surface area contributed by atoms with Crippen LogP contribution in [0.15, 0.2) is 18.2 Å². The summed E-state index contributed by atoms with van der Waals surface area (Å²) in [6, 6.07) is 7.63. The topological polar surface area (TPSA) is 29.3 Å². The molecule has 0 spiro atoms. The number of piperidine rings is 1. The first-order valence-corrected chi connectivity index (χ1v) is 7.20. The Hall–Kier alpha value is -0.860. The molecule has 1 aliphatic heterocycles. The summed E-state index contributed by atoms with van der Waals surface area (Å²) in [7, 11) is 0. The van der Waals surface area contributed by atoms with Crippen LogP contribution in [-0.4, -0.2) is 24.0 Å². The average Bonchev–Trinajstić information content (AvgIpc) is 2.90. The molecular weight excluding hydrogens is 220 g/mol. The number of hydrogen-bond donors (Lipinski definition) is 1. The Balaban J connectivity index is 1.69. The molecule has 1 saturated heterocycles. The zero-order valence-electron chi connectivity index (χ0n) is 11.5. The van der Waals surface area contributed by atoms with Crippen LogP contribution in [0.3, 0.4) is 0 Å². The van der Waals surface area contributed by atoms with Gasteiger partial charge in [-0.15, -0.1) is 0 Å². The summed E-state index contributed by atoms with van der Waals surface area (Å²) in [5, 5.41) is 0. The predicted octanol–water partition coefficient (Wildman–Crippen LogP) is 2.79. The lowest BCUT2D eigenvalue weighted by atomic mass is 9.99. The van der Waals surface area contributed by atoms with Crippen LogP contribution < -0.4 is 5.73 Å². The maximum absolute atomic E-state index is 6.42. The summed E-state index contributed by atoms with van der Waals surface area (Å²) in [5.41, 5.74) is 10.4. The molecule has 1 aliphatic carbocycles. The van der Waals surface area contributed by atoms with Gasteiger partial charge in [0.05, 0.1) is 0 Å². The lowest BCUT2D eigenvalue weighted by Gasteiger charge is -2.30. The van der Waals surface area contributed by atoms with Crippen molar-refractivity contribution in [3.8, 4) is 0 Å². The predicted molar refractivity (Wildman–Crippen MR) is 75.5 cm³/mol. The second kappa shape index (κ2) is 4.67. The lowest BCUT2D eigenvalue weighted by molar-refractivity contribution is 0.201. The quantitative estimate of drug-likeness (QED) is 0.886. The van der Waals surface area contributed by atoms with E-state index in [1.165, 1.54) is 42.5 Å².